The molecule has 1 aliphatic rings. The Morgan fingerprint density at radius 1 is 1.16 bits per heavy atom. The molecule has 1 aliphatic heterocycles. The first-order valence-corrected chi connectivity index (χ1v) is 6.66. The monoisotopic (exact) mass is 251 g/mol. The lowest BCUT2D eigenvalue weighted by molar-refractivity contribution is -0.678. The average Bonchev–Trinajstić information content (AvgIpc) is 2.81. The fraction of sp³-hybridized carbons (Fsp3) is 0.267. The highest BCUT2D eigenvalue weighted by Crippen LogP contribution is 2.23. The van der Waals surface area contributed by atoms with Crippen molar-refractivity contribution < 1.29 is 4.57 Å². The van der Waals surface area contributed by atoms with Gasteiger partial charge in [-0.2, -0.15) is 4.98 Å². The highest BCUT2D eigenvalue weighted by Gasteiger charge is 2.26. The van der Waals surface area contributed by atoms with Crippen LogP contribution in [0.4, 0.5) is 0 Å². The fourth-order valence-corrected chi connectivity index (χ4v) is 2.84. The van der Waals surface area contributed by atoms with Crippen LogP contribution in [0.1, 0.15) is 12.1 Å². The van der Waals surface area contributed by atoms with Gasteiger partial charge in [0.25, 0.3) is 0 Å². The summed E-state index contributed by atoms with van der Waals surface area (Å²) in [6, 6.07) is 10.2. The van der Waals surface area contributed by atoms with Gasteiger partial charge in [0.1, 0.15) is 5.69 Å². The number of aromatic nitrogens is 4. The second-order valence-corrected chi connectivity index (χ2v) is 5.02. The molecule has 4 heterocycles. The Labute approximate surface area is 111 Å². The third-order valence-electron chi connectivity index (χ3n) is 3.66. The maximum absolute atomic E-state index is 4.78. The Balaban J connectivity index is 2.04. The summed E-state index contributed by atoms with van der Waals surface area (Å²) in [5, 5.41) is 0. The van der Waals surface area contributed by atoms with E-state index in [0.717, 1.165) is 42.2 Å². The van der Waals surface area contributed by atoms with Gasteiger partial charge in [-0.1, -0.05) is 6.07 Å². The number of nitrogens with zero attached hydrogens (tertiary/aromatic N) is 4. The van der Waals surface area contributed by atoms with E-state index < -0.39 is 0 Å². The summed E-state index contributed by atoms with van der Waals surface area (Å²) < 4.78 is 4.58. The van der Waals surface area contributed by atoms with Crippen LogP contribution >= 0.6 is 0 Å². The molecule has 4 nitrogen and oxygen atoms in total. The van der Waals surface area contributed by atoms with Gasteiger partial charge >= 0.3 is 5.65 Å². The minimum atomic E-state index is 0.963. The van der Waals surface area contributed by atoms with Crippen molar-refractivity contribution in [2.75, 3.05) is 0 Å². The predicted octanol–water partition coefficient (Wildman–Crippen LogP) is 2.10. The summed E-state index contributed by atoms with van der Waals surface area (Å²) in [4.78, 5) is 9.38. The van der Waals surface area contributed by atoms with Gasteiger partial charge in [0.15, 0.2) is 5.52 Å². The molecule has 0 saturated heterocycles. The van der Waals surface area contributed by atoms with E-state index in [0.29, 0.717) is 0 Å². The van der Waals surface area contributed by atoms with Crippen LogP contribution in [0, 0.1) is 6.92 Å². The van der Waals surface area contributed by atoms with Gasteiger partial charge in [-0.25, -0.2) is 14.1 Å². The molecule has 0 aliphatic carbocycles. The molecule has 0 unspecified atom stereocenters. The van der Waals surface area contributed by atoms with Gasteiger partial charge in [-0.3, -0.25) is 0 Å². The van der Waals surface area contributed by atoms with Crippen molar-refractivity contribution in [1.29, 1.82) is 0 Å². The van der Waals surface area contributed by atoms with Crippen LogP contribution in [-0.2, 0) is 13.1 Å². The minimum absolute atomic E-state index is 0.963. The summed E-state index contributed by atoms with van der Waals surface area (Å²) in [6.45, 7) is 4.11. The number of imidazole rings is 1. The lowest BCUT2D eigenvalue weighted by Crippen LogP contribution is -2.39. The van der Waals surface area contributed by atoms with Crippen LogP contribution in [0.2, 0.25) is 0 Å². The molecule has 0 fully saturated rings. The molecule has 4 heteroatoms. The zero-order chi connectivity index (χ0) is 12.8. The number of hydrogen-bond donors (Lipinski definition) is 0. The average molecular weight is 251 g/mol. The van der Waals surface area contributed by atoms with Gasteiger partial charge in [0.2, 0.25) is 5.82 Å². The second kappa shape index (κ2) is 3.88. The van der Waals surface area contributed by atoms with Crippen molar-refractivity contribution in [3.05, 3.63) is 42.2 Å². The van der Waals surface area contributed by atoms with E-state index in [-0.39, 0.29) is 0 Å². The summed E-state index contributed by atoms with van der Waals surface area (Å²) in [6.07, 6.45) is 3.28. The predicted molar refractivity (Wildman–Crippen MR) is 72.5 cm³/mol. The molecule has 0 bridgehead atoms. The Morgan fingerprint density at radius 2 is 2.11 bits per heavy atom. The van der Waals surface area contributed by atoms with Crippen molar-refractivity contribution in [2.24, 2.45) is 0 Å². The summed E-state index contributed by atoms with van der Waals surface area (Å²) in [5.74, 6) is 0.985. The molecule has 19 heavy (non-hydrogen) atoms. The molecule has 0 saturated carbocycles. The summed E-state index contributed by atoms with van der Waals surface area (Å²) >= 11 is 0. The van der Waals surface area contributed by atoms with E-state index in [1.165, 1.54) is 5.65 Å². The molecular weight excluding hydrogens is 236 g/mol. The van der Waals surface area contributed by atoms with Crippen molar-refractivity contribution in [2.45, 2.75) is 26.4 Å². The quantitative estimate of drug-likeness (QED) is 0.621. The highest BCUT2D eigenvalue weighted by atomic mass is 15.2. The SMILES string of the molecule is Cc1cccc(-c2nc3ccc[n+]4c3n2CCC4)n1. The molecule has 0 amide bonds. The fourth-order valence-electron chi connectivity index (χ4n) is 2.84. The lowest BCUT2D eigenvalue weighted by atomic mass is 10.3. The number of aryl methyl sites for hydroxylation is 3. The first-order valence-electron chi connectivity index (χ1n) is 6.66. The maximum Gasteiger partial charge on any atom is 0.309 e. The molecular formula is C15H15N4+. The normalized spacial score (nSPS) is 13.9. The largest absolute Gasteiger partial charge is 0.309 e. The van der Waals surface area contributed by atoms with E-state index in [9.17, 15) is 0 Å². The molecule has 0 aromatic carbocycles. The molecule has 3 aromatic heterocycles. The Kier molecular flexibility index (Phi) is 2.18. The smallest absolute Gasteiger partial charge is 0.247 e. The third-order valence-corrected chi connectivity index (χ3v) is 3.66. The topological polar surface area (TPSA) is 34.6 Å². The van der Waals surface area contributed by atoms with Crippen molar-refractivity contribution >= 4 is 11.2 Å². The first-order chi connectivity index (χ1) is 9.33. The zero-order valence-corrected chi connectivity index (χ0v) is 10.9. The van der Waals surface area contributed by atoms with Crippen molar-refractivity contribution in [3.63, 3.8) is 0 Å². The van der Waals surface area contributed by atoms with E-state index >= 15 is 0 Å². The van der Waals surface area contributed by atoms with Crippen molar-refractivity contribution in [3.8, 4) is 11.5 Å². The molecule has 0 N–H and O–H groups in total. The van der Waals surface area contributed by atoms with Gasteiger partial charge in [-0.15, -0.1) is 0 Å². The van der Waals surface area contributed by atoms with Gasteiger partial charge in [0.05, 0.1) is 19.3 Å². The van der Waals surface area contributed by atoms with E-state index in [2.05, 4.69) is 32.4 Å². The van der Waals surface area contributed by atoms with E-state index in [1.54, 1.807) is 0 Å². The highest BCUT2D eigenvalue weighted by molar-refractivity contribution is 5.73. The van der Waals surface area contributed by atoms with Gasteiger partial charge in [0, 0.05) is 12.1 Å². The van der Waals surface area contributed by atoms with Gasteiger partial charge in [-0.05, 0) is 31.2 Å². The molecule has 4 rings (SSSR count). The summed E-state index contributed by atoms with van der Waals surface area (Å²) in [7, 11) is 0. The van der Waals surface area contributed by atoms with Crippen LogP contribution in [0.3, 0.4) is 0 Å². The number of hydrogen-bond acceptors (Lipinski definition) is 2. The number of rotatable bonds is 1. The van der Waals surface area contributed by atoms with Crippen LogP contribution in [0.25, 0.3) is 22.7 Å². The third kappa shape index (κ3) is 1.56. The lowest BCUT2D eigenvalue weighted by Gasteiger charge is -2.10. The molecule has 94 valence electrons. The molecule has 3 aromatic rings. The van der Waals surface area contributed by atoms with Crippen LogP contribution < -0.4 is 4.57 Å². The van der Waals surface area contributed by atoms with Crippen LogP contribution in [-0.4, -0.2) is 14.5 Å². The Bertz CT molecular complexity index is 773. The Hall–Kier alpha value is -2.23. The molecule has 0 radical (unpaired) electrons. The second-order valence-electron chi connectivity index (χ2n) is 5.02. The minimum Gasteiger partial charge on any atom is -0.247 e. The maximum atomic E-state index is 4.78. The first kappa shape index (κ1) is 10.7. The van der Waals surface area contributed by atoms with Crippen molar-refractivity contribution in [1.82, 2.24) is 14.5 Å². The van der Waals surface area contributed by atoms with Crippen LogP contribution in [0.15, 0.2) is 36.5 Å². The standard InChI is InChI=1S/C15H15N4/c1-11-5-2-6-12(16-11)14-17-13-7-3-8-18-9-4-10-19(14)15(13)18/h2-3,5-8H,4,9-10H2,1H3/q+1. The molecule has 0 atom stereocenters. The van der Waals surface area contributed by atoms with E-state index in [1.807, 2.05) is 25.1 Å². The number of pyridine rings is 2. The Morgan fingerprint density at radius 3 is 3.00 bits per heavy atom. The van der Waals surface area contributed by atoms with Crippen LogP contribution in [0.5, 0.6) is 0 Å². The van der Waals surface area contributed by atoms with Gasteiger partial charge < -0.3 is 0 Å². The van der Waals surface area contributed by atoms with E-state index in [4.69, 9.17) is 4.98 Å². The zero-order valence-electron chi connectivity index (χ0n) is 10.9. The molecule has 0 spiro atoms. The summed E-state index contributed by atoms with van der Waals surface area (Å²) in [5.41, 5.74) is 4.26.